The summed E-state index contributed by atoms with van der Waals surface area (Å²) < 4.78 is 16.5. The summed E-state index contributed by atoms with van der Waals surface area (Å²) in [6.45, 7) is 2.08. The van der Waals surface area contributed by atoms with Crippen LogP contribution in [0.2, 0.25) is 5.02 Å². The van der Waals surface area contributed by atoms with Gasteiger partial charge in [0.15, 0.2) is 11.5 Å². The maximum Gasteiger partial charge on any atom is 0.276 e. The van der Waals surface area contributed by atoms with Gasteiger partial charge in [0.2, 0.25) is 0 Å². The predicted molar refractivity (Wildman–Crippen MR) is 133 cm³/mol. The van der Waals surface area contributed by atoms with E-state index in [0.29, 0.717) is 28.5 Å². The summed E-state index contributed by atoms with van der Waals surface area (Å²) in [4.78, 5) is 13.7. The van der Waals surface area contributed by atoms with Crippen molar-refractivity contribution >= 4 is 23.2 Å². The summed E-state index contributed by atoms with van der Waals surface area (Å²) in [5.41, 5.74) is 4.10. The number of carbonyl (C=O) groups is 1. The van der Waals surface area contributed by atoms with Crippen LogP contribution in [0, 0.1) is 0 Å². The third-order valence-electron chi connectivity index (χ3n) is 6.04. The van der Waals surface area contributed by atoms with Crippen molar-refractivity contribution < 1.29 is 19.0 Å². The van der Waals surface area contributed by atoms with E-state index in [1.54, 1.807) is 50.6 Å². The number of hydrazone groups is 1. The zero-order chi connectivity index (χ0) is 24.2. The van der Waals surface area contributed by atoms with Gasteiger partial charge in [-0.1, -0.05) is 42.8 Å². The molecule has 0 aromatic heterocycles. The average molecular weight is 479 g/mol. The van der Waals surface area contributed by atoms with Gasteiger partial charge in [0, 0.05) is 12.0 Å². The van der Waals surface area contributed by atoms with Crippen LogP contribution in [0.15, 0.2) is 65.8 Å². The van der Waals surface area contributed by atoms with Crippen LogP contribution in [-0.4, -0.2) is 38.0 Å². The fourth-order valence-corrected chi connectivity index (χ4v) is 4.57. The summed E-state index contributed by atoms with van der Waals surface area (Å²) in [6, 6.07) is 18.3. The van der Waals surface area contributed by atoms with Gasteiger partial charge in [-0.25, -0.2) is 5.01 Å². The highest BCUT2D eigenvalue weighted by Crippen LogP contribution is 2.40. The first-order valence-electron chi connectivity index (χ1n) is 11.1. The van der Waals surface area contributed by atoms with Crippen LogP contribution in [0.25, 0.3) is 0 Å². The molecule has 0 N–H and O–H groups in total. The Morgan fingerprint density at radius 3 is 2.38 bits per heavy atom. The van der Waals surface area contributed by atoms with Crippen molar-refractivity contribution in [1.82, 2.24) is 5.01 Å². The van der Waals surface area contributed by atoms with E-state index in [9.17, 15) is 4.79 Å². The van der Waals surface area contributed by atoms with Crippen LogP contribution < -0.4 is 14.2 Å². The first kappa shape index (κ1) is 23.6. The number of hydrogen-bond donors (Lipinski definition) is 0. The van der Waals surface area contributed by atoms with Gasteiger partial charge in [-0.05, 0) is 53.9 Å². The number of benzene rings is 3. The van der Waals surface area contributed by atoms with E-state index >= 15 is 0 Å². The Kier molecular flexibility index (Phi) is 7.08. The molecule has 7 heteroatoms. The van der Waals surface area contributed by atoms with Gasteiger partial charge in [-0.2, -0.15) is 5.10 Å². The Hall–Kier alpha value is -3.51. The second-order valence-electron chi connectivity index (χ2n) is 7.85. The molecule has 0 aliphatic carbocycles. The van der Waals surface area contributed by atoms with Crippen molar-refractivity contribution in [2.24, 2.45) is 5.10 Å². The van der Waals surface area contributed by atoms with E-state index in [1.165, 1.54) is 0 Å². The molecule has 176 valence electrons. The van der Waals surface area contributed by atoms with Crippen LogP contribution in [0.4, 0.5) is 0 Å². The van der Waals surface area contributed by atoms with E-state index in [2.05, 4.69) is 6.92 Å². The molecule has 0 saturated carbocycles. The molecule has 6 nitrogen and oxygen atoms in total. The largest absolute Gasteiger partial charge is 0.496 e. The molecule has 34 heavy (non-hydrogen) atoms. The molecule has 1 amide bonds. The van der Waals surface area contributed by atoms with Crippen LogP contribution in [0.3, 0.4) is 0 Å². The second-order valence-corrected chi connectivity index (χ2v) is 8.25. The van der Waals surface area contributed by atoms with Crippen LogP contribution >= 0.6 is 11.6 Å². The minimum atomic E-state index is -0.308. The molecule has 3 aromatic rings. The molecule has 1 heterocycles. The topological polar surface area (TPSA) is 60.4 Å². The normalized spacial score (nSPS) is 15.1. The third-order valence-corrected chi connectivity index (χ3v) is 6.37. The SMILES string of the molecule is CCc1c(OC)cccc1C1CC(c2ccc(OC)c(OC)c2)=NN1C(=O)c1ccccc1Cl. The monoisotopic (exact) mass is 478 g/mol. The summed E-state index contributed by atoms with van der Waals surface area (Å²) in [7, 11) is 4.85. The quantitative estimate of drug-likeness (QED) is 0.423. The summed E-state index contributed by atoms with van der Waals surface area (Å²) in [5, 5.41) is 6.73. The Balaban J connectivity index is 1.82. The first-order chi connectivity index (χ1) is 16.5. The molecule has 0 fully saturated rings. The van der Waals surface area contributed by atoms with Gasteiger partial charge in [0.25, 0.3) is 5.91 Å². The van der Waals surface area contributed by atoms with E-state index in [-0.39, 0.29) is 11.9 Å². The fraction of sp³-hybridized carbons (Fsp3) is 0.259. The molecule has 1 unspecified atom stereocenters. The molecule has 3 aromatic carbocycles. The van der Waals surface area contributed by atoms with Crippen molar-refractivity contribution in [3.8, 4) is 17.2 Å². The molecule has 0 spiro atoms. The molecule has 0 saturated heterocycles. The predicted octanol–water partition coefficient (Wildman–Crippen LogP) is 5.92. The first-order valence-corrected chi connectivity index (χ1v) is 11.4. The minimum Gasteiger partial charge on any atom is -0.496 e. The lowest BCUT2D eigenvalue weighted by Crippen LogP contribution is -2.28. The summed E-state index contributed by atoms with van der Waals surface area (Å²) in [5.74, 6) is 1.78. The zero-order valence-electron chi connectivity index (χ0n) is 19.7. The van der Waals surface area contributed by atoms with Crippen molar-refractivity contribution in [2.75, 3.05) is 21.3 Å². The highest BCUT2D eigenvalue weighted by atomic mass is 35.5. The Labute approximate surface area is 204 Å². The maximum absolute atomic E-state index is 13.7. The minimum absolute atomic E-state index is 0.254. The Morgan fingerprint density at radius 1 is 0.971 bits per heavy atom. The van der Waals surface area contributed by atoms with E-state index < -0.39 is 0 Å². The third kappa shape index (κ3) is 4.33. The number of amides is 1. The second kappa shape index (κ2) is 10.2. The summed E-state index contributed by atoms with van der Waals surface area (Å²) in [6.07, 6.45) is 1.29. The number of rotatable bonds is 7. The maximum atomic E-state index is 13.7. The molecule has 1 aliphatic heterocycles. The fourth-order valence-electron chi connectivity index (χ4n) is 4.35. The number of hydrogen-bond acceptors (Lipinski definition) is 5. The molecule has 0 bridgehead atoms. The molecule has 0 radical (unpaired) electrons. The summed E-state index contributed by atoms with van der Waals surface area (Å²) >= 11 is 6.38. The van der Waals surface area contributed by atoms with E-state index in [1.807, 2.05) is 36.4 Å². The van der Waals surface area contributed by atoms with Gasteiger partial charge >= 0.3 is 0 Å². The standard InChI is InChI=1S/C27H27ClN2O4/c1-5-18-19(10-8-12-24(18)32-2)23-16-22(17-13-14-25(33-3)26(15-17)34-4)29-30(23)27(31)20-9-6-7-11-21(20)28/h6-15,23H,5,16H2,1-4H3. The zero-order valence-corrected chi connectivity index (χ0v) is 20.4. The van der Waals surface area contributed by atoms with Gasteiger partial charge in [-0.3, -0.25) is 4.79 Å². The lowest BCUT2D eigenvalue weighted by Gasteiger charge is -2.25. The van der Waals surface area contributed by atoms with E-state index in [4.69, 9.17) is 30.9 Å². The number of ether oxygens (including phenoxy) is 3. The average Bonchev–Trinajstić information content (AvgIpc) is 3.32. The number of carbonyl (C=O) groups excluding carboxylic acids is 1. The van der Waals surface area contributed by atoms with Crippen molar-refractivity contribution in [1.29, 1.82) is 0 Å². The number of halogens is 1. The van der Waals surface area contributed by atoms with Gasteiger partial charge in [0.1, 0.15) is 5.75 Å². The number of nitrogens with zero attached hydrogens (tertiary/aromatic N) is 2. The highest BCUT2D eigenvalue weighted by Gasteiger charge is 2.36. The van der Waals surface area contributed by atoms with E-state index in [0.717, 1.165) is 34.6 Å². The lowest BCUT2D eigenvalue weighted by molar-refractivity contribution is 0.0710. The van der Waals surface area contributed by atoms with Crippen molar-refractivity contribution in [3.63, 3.8) is 0 Å². The molecule has 1 atom stereocenters. The molecule has 4 rings (SSSR count). The Bertz CT molecular complexity index is 1240. The van der Waals surface area contributed by atoms with Gasteiger partial charge in [0.05, 0.1) is 43.7 Å². The lowest BCUT2D eigenvalue weighted by atomic mass is 9.92. The van der Waals surface area contributed by atoms with Crippen LogP contribution in [0.5, 0.6) is 17.2 Å². The van der Waals surface area contributed by atoms with Crippen molar-refractivity contribution in [3.05, 3.63) is 87.9 Å². The van der Waals surface area contributed by atoms with Crippen LogP contribution in [-0.2, 0) is 6.42 Å². The molecule has 1 aliphatic rings. The highest BCUT2D eigenvalue weighted by molar-refractivity contribution is 6.33. The van der Waals surface area contributed by atoms with Gasteiger partial charge < -0.3 is 14.2 Å². The van der Waals surface area contributed by atoms with Crippen LogP contribution in [0.1, 0.15) is 46.4 Å². The molecular weight excluding hydrogens is 452 g/mol. The smallest absolute Gasteiger partial charge is 0.276 e. The number of methoxy groups -OCH3 is 3. The Morgan fingerprint density at radius 2 is 1.71 bits per heavy atom. The van der Waals surface area contributed by atoms with Crippen molar-refractivity contribution in [2.45, 2.75) is 25.8 Å². The van der Waals surface area contributed by atoms with Gasteiger partial charge in [-0.15, -0.1) is 0 Å². The molecular formula is C27H27ClN2O4.